The maximum atomic E-state index is 11.1. The zero-order valence-corrected chi connectivity index (χ0v) is 9.03. The highest BCUT2D eigenvalue weighted by Gasteiger charge is 2.14. The molecule has 5 nitrogen and oxygen atoms in total. The first kappa shape index (κ1) is 12.0. The number of nitrogens with two attached hydrogens (primary N) is 1. The lowest BCUT2D eigenvalue weighted by molar-refractivity contribution is 0.265. The van der Waals surface area contributed by atoms with Gasteiger partial charge >= 0.3 is 0 Å². The van der Waals surface area contributed by atoms with Crippen LogP contribution in [-0.2, 0) is 9.84 Å². The Morgan fingerprint density at radius 3 is 2.47 bits per heavy atom. The van der Waals surface area contributed by atoms with Crippen LogP contribution >= 0.6 is 0 Å². The highest BCUT2D eigenvalue weighted by molar-refractivity contribution is 7.90. The van der Waals surface area contributed by atoms with Crippen molar-refractivity contribution in [2.24, 2.45) is 5.73 Å². The van der Waals surface area contributed by atoms with Crippen molar-refractivity contribution in [1.82, 2.24) is 0 Å². The van der Waals surface area contributed by atoms with Crippen LogP contribution in [0.15, 0.2) is 23.1 Å². The fourth-order valence-electron chi connectivity index (χ4n) is 1.17. The number of aliphatic hydroxyl groups is 1. The molecule has 84 valence electrons. The Labute approximate surface area is 88.1 Å². The maximum absolute atomic E-state index is 11.1. The molecule has 0 aliphatic rings. The van der Waals surface area contributed by atoms with Crippen molar-refractivity contribution < 1.29 is 18.6 Å². The van der Waals surface area contributed by atoms with Crippen molar-refractivity contribution in [2.45, 2.75) is 10.9 Å². The minimum Gasteiger partial charge on any atom is -0.508 e. The summed E-state index contributed by atoms with van der Waals surface area (Å²) in [4.78, 5) is 0.0221. The van der Waals surface area contributed by atoms with Gasteiger partial charge in [-0.3, -0.25) is 0 Å². The van der Waals surface area contributed by atoms with Crippen molar-refractivity contribution in [3.63, 3.8) is 0 Å². The number of phenols is 1. The molecule has 0 aliphatic heterocycles. The molecule has 0 spiro atoms. The second-order valence-electron chi connectivity index (χ2n) is 3.28. The van der Waals surface area contributed by atoms with Crippen LogP contribution in [-0.4, -0.2) is 31.5 Å². The fraction of sp³-hybridized carbons (Fsp3) is 0.333. The van der Waals surface area contributed by atoms with E-state index < -0.39 is 15.9 Å². The van der Waals surface area contributed by atoms with Crippen molar-refractivity contribution in [1.29, 1.82) is 0 Å². The molecule has 0 bridgehead atoms. The number of aliphatic hydroxyl groups excluding tert-OH is 1. The molecule has 15 heavy (non-hydrogen) atoms. The minimum absolute atomic E-state index is 0.0221. The first-order chi connectivity index (χ1) is 6.86. The number of sulfone groups is 1. The van der Waals surface area contributed by atoms with Crippen molar-refractivity contribution in [3.8, 4) is 5.75 Å². The van der Waals surface area contributed by atoms with Crippen LogP contribution in [0.1, 0.15) is 11.6 Å². The molecule has 4 N–H and O–H groups in total. The second kappa shape index (κ2) is 4.18. The van der Waals surface area contributed by atoms with Gasteiger partial charge < -0.3 is 15.9 Å². The third-order valence-corrected chi connectivity index (χ3v) is 3.14. The van der Waals surface area contributed by atoms with Gasteiger partial charge in [0.1, 0.15) is 5.75 Å². The molecular formula is C9H13NO4S. The summed E-state index contributed by atoms with van der Waals surface area (Å²) in [6, 6.07) is 3.16. The number of benzene rings is 1. The predicted octanol–water partition coefficient (Wildman–Crippen LogP) is -0.212. The Balaban J connectivity index is 3.20. The lowest BCUT2D eigenvalue weighted by Crippen LogP contribution is -2.14. The summed E-state index contributed by atoms with van der Waals surface area (Å²) in [6.07, 6.45) is 1.05. The lowest BCUT2D eigenvalue weighted by Gasteiger charge is -2.11. The van der Waals surface area contributed by atoms with Crippen molar-refractivity contribution in [2.75, 3.05) is 12.9 Å². The van der Waals surface area contributed by atoms with Crippen LogP contribution in [0.3, 0.4) is 0 Å². The van der Waals surface area contributed by atoms with Gasteiger partial charge in [0, 0.05) is 11.8 Å². The highest BCUT2D eigenvalue weighted by Crippen LogP contribution is 2.25. The van der Waals surface area contributed by atoms with E-state index in [-0.39, 0.29) is 17.3 Å². The molecule has 0 heterocycles. The minimum atomic E-state index is -3.34. The third kappa shape index (κ3) is 2.68. The molecular weight excluding hydrogens is 218 g/mol. The van der Waals surface area contributed by atoms with Crippen LogP contribution in [0, 0.1) is 0 Å². The molecule has 1 aromatic rings. The van der Waals surface area contributed by atoms with E-state index in [4.69, 9.17) is 10.8 Å². The molecule has 0 saturated carbocycles. The topological polar surface area (TPSA) is 101 Å². The fourth-order valence-corrected chi connectivity index (χ4v) is 1.81. The summed E-state index contributed by atoms with van der Waals surface area (Å²) in [7, 11) is -3.34. The number of rotatable bonds is 3. The molecule has 1 rings (SSSR count). The Kier molecular flexibility index (Phi) is 3.33. The number of hydrogen-bond donors (Lipinski definition) is 3. The quantitative estimate of drug-likeness (QED) is 0.668. The summed E-state index contributed by atoms with van der Waals surface area (Å²) in [5.41, 5.74) is 5.82. The van der Waals surface area contributed by atoms with Gasteiger partial charge in [-0.1, -0.05) is 6.07 Å². The average molecular weight is 231 g/mol. The molecule has 0 aliphatic carbocycles. The summed E-state index contributed by atoms with van der Waals surface area (Å²) >= 11 is 0. The standard InChI is InChI=1S/C9H13NO4S/c1-15(13,14)6-2-3-7(8(10)5-11)9(12)4-6/h2-4,8,11-12H,5,10H2,1H3. The van der Waals surface area contributed by atoms with Crippen LogP contribution < -0.4 is 5.73 Å². The van der Waals surface area contributed by atoms with Crippen LogP contribution in [0.5, 0.6) is 5.75 Å². The Bertz CT molecular complexity index is 455. The molecule has 1 atom stereocenters. The Hall–Kier alpha value is -1.11. The van der Waals surface area contributed by atoms with Gasteiger partial charge in [-0.2, -0.15) is 0 Å². The van der Waals surface area contributed by atoms with E-state index in [1.807, 2.05) is 0 Å². The zero-order valence-electron chi connectivity index (χ0n) is 8.21. The highest BCUT2D eigenvalue weighted by atomic mass is 32.2. The Morgan fingerprint density at radius 1 is 1.47 bits per heavy atom. The van der Waals surface area contributed by atoms with Gasteiger partial charge in [0.25, 0.3) is 0 Å². The van der Waals surface area contributed by atoms with Gasteiger partial charge in [-0.05, 0) is 12.1 Å². The number of phenolic OH excluding ortho intramolecular Hbond substituents is 1. The van der Waals surface area contributed by atoms with Gasteiger partial charge in [-0.15, -0.1) is 0 Å². The van der Waals surface area contributed by atoms with Crippen molar-refractivity contribution in [3.05, 3.63) is 23.8 Å². The molecule has 1 aromatic carbocycles. The summed E-state index contributed by atoms with van der Waals surface area (Å²) in [5.74, 6) is -0.223. The van der Waals surface area contributed by atoms with Gasteiger partial charge in [0.05, 0.1) is 17.5 Å². The van der Waals surface area contributed by atoms with E-state index in [0.29, 0.717) is 5.56 Å². The number of hydrogen-bond acceptors (Lipinski definition) is 5. The monoisotopic (exact) mass is 231 g/mol. The molecule has 6 heteroatoms. The maximum Gasteiger partial charge on any atom is 0.175 e. The average Bonchev–Trinajstić information content (AvgIpc) is 2.15. The smallest absolute Gasteiger partial charge is 0.175 e. The molecule has 0 aromatic heterocycles. The summed E-state index contributed by atoms with van der Waals surface area (Å²) in [6.45, 7) is -0.314. The third-order valence-electron chi connectivity index (χ3n) is 2.03. The van der Waals surface area contributed by atoms with Crippen LogP contribution in [0.2, 0.25) is 0 Å². The van der Waals surface area contributed by atoms with Crippen LogP contribution in [0.4, 0.5) is 0 Å². The Morgan fingerprint density at radius 2 is 2.07 bits per heavy atom. The molecule has 1 unspecified atom stereocenters. The first-order valence-electron chi connectivity index (χ1n) is 4.25. The lowest BCUT2D eigenvalue weighted by atomic mass is 10.1. The van der Waals surface area contributed by atoms with E-state index in [2.05, 4.69) is 0 Å². The summed E-state index contributed by atoms with van der Waals surface area (Å²) in [5, 5.41) is 18.3. The van der Waals surface area contributed by atoms with E-state index in [1.165, 1.54) is 12.1 Å². The van der Waals surface area contributed by atoms with Gasteiger partial charge in [0.15, 0.2) is 9.84 Å². The largest absolute Gasteiger partial charge is 0.508 e. The van der Waals surface area contributed by atoms with Gasteiger partial charge in [-0.25, -0.2) is 8.42 Å². The van der Waals surface area contributed by atoms with E-state index in [9.17, 15) is 13.5 Å². The second-order valence-corrected chi connectivity index (χ2v) is 5.30. The normalized spacial score (nSPS) is 13.8. The zero-order chi connectivity index (χ0) is 11.6. The number of aromatic hydroxyl groups is 1. The van der Waals surface area contributed by atoms with E-state index >= 15 is 0 Å². The molecule has 0 radical (unpaired) electrons. The SMILES string of the molecule is CS(=O)(=O)c1ccc(C(N)CO)c(O)c1. The molecule has 0 saturated heterocycles. The van der Waals surface area contributed by atoms with Crippen LogP contribution in [0.25, 0.3) is 0 Å². The molecule has 0 fully saturated rings. The van der Waals surface area contributed by atoms with Crippen molar-refractivity contribution >= 4 is 9.84 Å². The first-order valence-corrected chi connectivity index (χ1v) is 6.15. The van der Waals surface area contributed by atoms with Gasteiger partial charge in [0.2, 0.25) is 0 Å². The predicted molar refractivity (Wildman–Crippen MR) is 55.2 cm³/mol. The summed E-state index contributed by atoms with van der Waals surface area (Å²) < 4.78 is 22.3. The molecule has 0 amide bonds. The van der Waals surface area contributed by atoms with E-state index in [1.54, 1.807) is 0 Å². The van der Waals surface area contributed by atoms with E-state index in [0.717, 1.165) is 12.3 Å².